The van der Waals surface area contributed by atoms with Crippen LogP contribution < -0.4 is 10.2 Å². The van der Waals surface area contributed by atoms with Gasteiger partial charge in [0.25, 0.3) is 5.91 Å². The van der Waals surface area contributed by atoms with E-state index in [4.69, 9.17) is 4.74 Å². The largest absolute Gasteiger partial charge is 0.418 e. The molecule has 1 aliphatic rings. The van der Waals surface area contributed by atoms with Gasteiger partial charge in [0.05, 0.1) is 35.5 Å². The van der Waals surface area contributed by atoms with Gasteiger partial charge in [-0.15, -0.1) is 22.7 Å². The summed E-state index contributed by atoms with van der Waals surface area (Å²) in [6.07, 6.45) is -3.22. The number of hydrogen-bond acceptors (Lipinski definition) is 6. The average Bonchev–Trinajstić information content (AvgIpc) is 3.40. The summed E-state index contributed by atoms with van der Waals surface area (Å²) in [7, 11) is 0. The molecule has 1 aliphatic heterocycles. The minimum absolute atomic E-state index is 0.249. The van der Waals surface area contributed by atoms with Crippen LogP contribution in [0.1, 0.15) is 15.2 Å². The SMILES string of the molecule is O=C(Nc1ccc(N2CCOCC2)cc1C(F)(F)F)c1cnc(-c2cccs2)s1. The van der Waals surface area contributed by atoms with Crippen molar-refractivity contribution in [1.82, 2.24) is 4.98 Å². The summed E-state index contributed by atoms with van der Waals surface area (Å²) >= 11 is 2.62. The Balaban J connectivity index is 1.58. The Labute approximate surface area is 172 Å². The molecule has 3 aromatic rings. The van der Waals surface area contributed by atoms with Crippen LogP contribution in [0, 0.1) is 0 Å². The molecule has 4 rings (SSSR count). The molecule has 0 spiro atoms. The number of halogens is 3. The highest BCUT2D eigenvalue weighted by atomic mass is 32.1. The molecule has 152 valence electrons. The summed E-state index contributed by atoms with van der Waals surface area (Å²) in [5.41, 5.74) is -0.695. The number of nitrogens with one attached hydrogen (secondary N) is 1. The fraction of sp³-hybridized carbons (Fsp3) is 0.263. The van der Waals surface area contributed by atoms with E-state index in [1.807, 2.05) is 22.4 Å². The first-order valence-corrected chi connectivity index (χ1v) is 10.5. The van der Waals surface area contributed by atoms with Crippen LogP contribution >= 0.6 is 22.7 Å². The van der Waals surface area contributed by atoms with Crippen LogP contribution in [-0.2, 0) is 10.9 Å². The molecule has 0 aliphatic carbocycles. The number of amides is 1. The molecule has 10 heteroatoms. The van der Waals surface area contributed by atoms with Gasteiger partial charge in [0.15, 0.2) is 0 Å². The number of nitrogens with zero attached hydrogens (tertiary/aromatic N) is 2. The van der Waals surface area contributed by atoms with Gasteiger partial charge < -0.3 is 15.0 Å². The van der Waals surface area contributed by atoms with Crippen molar-refractivity contribution in [3.63, 3.8) is 0 Å². The van der Waals surface area contributed by atoms with Gasteiger partial charge in [-0.25, -0.2) is 4.98 Å². The first-order chi connectivity index (χ1) is 13.9. The maximum absolute atomic E-state index is 13.6. The van der Waals surface area contributed by atoms with Crippen LogP contribution in [0.5, 0.6) is 0 Å². The van der Waals surface area contributed by atoms with Crippen LogP contribution in [-0.4, -0.2) is 37.2 Å². The second-order valence-electron chi connectivity index (χ2n) is 6.29. The number of thiazole rings is 1. The minimum atomic E-state index is -4.60. The number of benzene rings is 1. The zero-order chi connectivity index (χ0) is 20.4. The van der Waals surface area contributed by atoms with Gasteiger partial charge in [0.2, 0.25) is 0 Å². The number of morpholine rings is 1. The molecule has 3 heterocycles. The van der Waals surface area contributed by atoms with Gasteiger partial charge in [-0.1, -0.05) is 6.07 Å². The number of hydrogen-bond donors (Lipinski definition) is 1. The molecule has 1 amide bonds. The third kappa shape index (κ3) is 4.44. The molecule has 0 unspecified atom stereocenters. The van der Waals surface area contributed by atoms with Crippen LogP contribution in [0.15, 0.2) is 41.9 Å². The second-order valence-corrected chi connectivity index (χ2v) is 8.27. The highest BCUT2D eigenvalue weighted by Crippen LogP contribution is 2.38. The molecule has 1 aromatic carbocycles. The molecule has 2 aromatic heterocycles. The van der Waals surface area contributed by atoms with Gasteiger partial charge in [-0.05, 0) is 29.6 Å². The van der Waals surface area contributed by atoms with E-state index in [9.17, 15) is 18.0 Å². The van der Waals surface area contributed by atoms with E-state index in [-0.39, 0.29) is 10.6 Å². The summed E-state index contributed by atoms with van der Waals surface area (Å²) in [6.45, 7) is 1.99. The van der Waals surface area contributed by atoms with E-state index in [1.54, 1.807) is 6.07 Å². The predicted octanol–water partition coefficient (Wildman–Crippen LogP) is 4.98. The zero-order valence-electron chi connectivity index (χ0n) is 15.0. The van der Waals surface area contributed by atoms with E-state index in [0.717, 1.165) is 22.3 Å². The maximum Gasteiger partial charge on any atom is 0.418 e. The van der Waals surface area contributed by atoms with Crippen molar-refractivity contribution in [3.8, 4) is 9.88 Å². The molecule has 29 heavy (non-hydrogen) atoms. The van der Waals surface area contributed by atoms with Crippen molar-refractivity contribution in [2.24, 2.45) is 0 Å². The number of thiophene rings is 1. The number of carbonyl (C=O) groups is 1. The standard InChI is InChI=1S/C19H16F3N3O2S2/c20-19(21,22)13-10-12(25-5-7-27-8-6-25)3-4-14(13)24-17(26)16-11-23-18(29-16)15-2-1-9-28-15/h1-4,9-11H,5-8H2,(H,24,26). The molecule has 1 saturated heterocycles. The highest BCUT2D eigenvalue weighted by molar-refractivity contribution is 7.22. The fourth-order valence-electron chi connectivity index (χ4n) is 2.97. The summed E-state index contributed by atoms with van der Waals surface area (Å²) in [6, 6.07) is 7.70. The van der Waals surface area contributed by atoms with Gasteiger partial charge in [-0.2, -0.15) is 13.2 Å². The minimum Gasteiger partial charge on any atom is -0.378 e. The van der Waals surface area contributed by atoms with Crippen molar-refractivity contribution in [2.45, 2.75) is 6.18 Å². The quantitative estimate of drug-likeness (QED) is 0.623. The van der Waals surface area contributed by atoms with Crippen molar-refractivity contribution in [1.29, 1.82) is 0 Å². The normalized spacial score (nSPS) is 14.8. The Bertz CT molecular complexity index is 997. The summed E-state index contributed by atoms with van der Waals surface area (Å²) in [5.74, 6) is -0.616. The van der Waals surface area contributed by atoms with Crippen molar-refractivity contribution < 1.29 is 22.7 Å². The monoisotopic (exact) mass is 439 g/mol. The molecule has 0 saturated carbocycles. The lowest BCUT2D eigenvalue weighted by atomic mass is 10.1. The Hall–Kier alpha value is -2.43. The van der Waals surface area contributed by atoms with E-state index in [2.05, 4.69) is 10.3 Å². The number of aromatic nitrogens is 1. The fourth-order valence-corrected chi connectivity index (χ4v) is 4.59. The van der Waals surface area contributed by atoms with Gasteiger partial charge in [0, 0.05) is 18.8 Å². The molecule has 1 fully saturated rings. The summed E-state index contributed by atoms with van der Waals surface area (Å²) in [4.78, 5) is 19.7. The average molecular weight is 439 g/mol. The Morgan fingerprint density at radius 1 is 1.21 bits per heavy atom. The van der Waals surface area contributed by atoms with Gasteiger partial charge in [0.1, 0.15) is 9.88 Å². The smallest absolute Gasteiger partial charge is 0.378 e. The Morgan fingerprint density at radius 2 is 2.00 bits per heavy atom. The van der Waals surface area contributed by atoms with E-state index < -0.39 is 17.6 Å². The third-order valence-corrected chi connectivity index (χ3v) is 6.43. The van der Waals surface area contributed by atoms with Crippen LogP contribution in [0.4, 0.5) is 24.5 Å². The topological polar surface area (TPSA) is 54.5 Å². The summed E-state index contributed by atoms with van der Waals surface area (Å²) < 4.78 is 46.2. The third-order valence-electron chi connectivity index (χ3n) is 4.39. The van der Waals surface area contributed by atoms with Crippen molar-refractivity contribution in [3.05, 3.63) is 52.3 Å². The predicted molar refractivity (Wildman–Crippen MR) is 108 cm³/mol. The van der Waals surface area contributed by atoms with Gasteiger partial charge in [-0.3, -0.25) is 4.79 Å². The van der Waals surface area contributed by atoms with E-state index >= 15 is 0 Å². The molecule has 0 radical (unpaired) electrons. The maximum atomic E-state index is 13.6. The molecule has 0 bridgehead atoms. The van der Waals surface area contributed by atoms with Crippen molar-refractivity contribution >= 4 is 40.0 Å². The number of alkyl halides is 3. The van der Waals surface area contributed by atoms with E-state index in [0.29, 0.717) is 37.0 Å². The van der Waals surface area contributed by atoms with Crippen LogP contribution in [0.25, 0.3) is 9.88 Å². The van der Waals surface area contributed by atoms with Crippen LogP contribution in [0.3, 0.4) is 0 Å². The number of anilines is 2. The first-order valence-electron chi connectivity index (χ1n) is 8.77. The molecule has 0 atom stereocenters. The first kappa shape index (κ1) is 19.9. The Morgan fingerprint density at radius 3 is 2.69 bits per heavy atom. The number of carbonyl (C=O) groups excluding carboxylic acids is 1. The Kier molecular flexibility index (Phi) is 5.57. The highest BCUT2D eigenvalue weighted by Gasteiger charge is 2.35. The lowest BCUT2D eigenvalue weighted by Gasteiger charge is -2.29. The molecular weight excluding hydrogens is 423 g/mol. The number of rotatable bonds is 4. The second kappa shape index (κ2) is 8.13. The zero-order valence-corrected chi connectivity index (χ0v) is 16.7. The lowest BCUT2D eigenvalue weighted by molar-refractivity contribution is -0.136. The van der Waals surface area contributed by atoms with Gasteiger partial charge >= 0.3 is 6.18 Å². The number of ether oxygens (including phenoxy) is 1. The van der Waals surface area contributed by atoms with Crippen LogP contribution in [0.2, 0.25) is 0 Å². The van der Waals surface area contributed by atoms with Crippen molar-refractivity contribution in [2.75, 3.05) is 36.5 Å². The summed E-state index contributed by atoms with van der Waals surface area (Å²) in [5, 5.41) is 4.94. The molecular formula is C19H16F3N3O2S2. The molecule has 5 nitrogen and oxygen atoms in total. The van der Waals surface area contributed by atoms with E-state index in [1.165, 1.54) is 23.6 Å². The molecule has 1 N–H and O–H groups in total. The lowest BCUT2D eigenvalue weighted by Crippen LogP contribution is -2.36.